The summed E-state index contributed by atoms with van der Waals surface area (Å²) in [6.45, 7) is 0.836. The van der Waals surface area contributed by atoms with Crippen LogP contribution in [-0.2, 0) is 14.3 Å². The quantitative estimate of drug-likeness (QED) is 0.526. The molecule has 2 aromatic rings. The summed E-state index contributed by atoms with van der Waals surface area (Å²) in [7, 11) is 0. The van der Waals surface area contributed by atoms with Gasteiger partial charge in [-0.25, -0.2) is 4.79 Å². The lowest BCUT2D eigenvalue weighted by Crippen LogP contribution is -2.45. The van der Waals surface area contributed by atoms with Crippen molar-refractivity contribution in [2.24, 2.45) is 23.7 Å². The number of hydrogen-bond acceptors (Lipinski definition) is 4. The summed E-state index contributed by atoms with van der Waals surface area (Å²) in [4.78, 5) is 36.3. The lowest BCUT2D eigenvalue weighted by atomic mass is 9.75. The molecule has 7 heteroatoms. The number of hydrogen-bond donors (Lipinski definition) is 3. The van der Waals surface area contributed by atoms with Gasteiger partial charge in [-0.2, -0.15) is 0 Å². The van der Waals surface area contributed by atoms with E-state index in [0.29, 0.717) is 13.0 Å². The van der Waals surface area contributed by atoms with Crippen LogP contribution in [0.5, 0.6) is 0 Å². The zero-order valence-corrected chi connectivity index (χ0v) is 19.0. The van der Waals surface area contributed by atoms with E-state index in [2.05, 4.69) is 34.9 Å². The highest BCUT2D eigenvalue weighted by molar-refractivity contribution is 5.81. The topological polar surface area (TPSA) is 105 Å². The van der Waals surface area contributed by atoms with Gasteiger partial charge in [0.05, 0.1) is 11.8 Å². The van der Waals surface area contributed by atoms with Gasteiger partial charge >= 0.3 is 12.1 Å². The minimum Gasteiger partial charge on any atom is -0.481 e. The highest BCUT2D eigenvalue weighted by Crippen LogP contribution is 2.44. The van der Waals surface area contributed by atoms with Crippen LogP contribution in [0.1, 0.15) is 42.7 Å². The number of carbonyl (C=O) groups excluding carboxylic acids is 2. The number of rotatable bonds is 9. The van der Waals surface area contributed by atoms with Crippen LogP contribution in [-0.4, -0.2) is 42.8 Å². The number of alkyl carbamates (subject to hydrolysis) is 1. The first kappa shape index (κ1) is 22.4. The van der Waals surface area contributed by atoms with Crippen molar-refractivity contribution in [2.75, 3.05) is 19.7 Å². The number of fused-ring (bicyclic) bond motifs is 3. The Morgan fingerprint density at radius 3 is 2.18 bits per heavy atom. The van der Waals surface area contributed by atoms with Crippen LogP contribution >= 0.6 is 0 Å². The molecule has 3 atom stereocenters. The molecule has 5 rings (SSSR count). The molecule has 178 valence electrons. The summed E-state index contributed by atoms with van der Waals surface area (Å²) >= 11 is 0. The Morgan fingerprint density at radius 2 is 1.62 bits per heavy atom. The van der Waals surface area contributed by atoms with Crippen LogP contribution in [0, 0.1) is 23.7 Å². The minimum absolute atomic E-state index is 0.00963. The number of aliphatic carboxylic acids is 1. The third kappa shape index (κ3) is 4.52. The number of nitrogens with one attached hydrogen (secondary N) is 2. The molecular formula is C27H30N2O5. The first-order valence-corrected chi connectivity index (χ1v) is 12.1. The summed E-state index contributed by atoms with van der Waals surface area (Å²) in [6.07, 6.45) is 3.11. The molecule has 7 nitrogen and oxygen atoms in total. The molecule has 0 saturated heterocycles. The molecule has 2 fully saturated rings. The normalized spacial score (nSPS) is 21.5. The Kier molecular flexibility index (Phi) is 6.26. The van der Waals surface area contributed by atoms with Gasteiger partial charge in [-0.05, 0) is 53.4 Å². The van der Waals surface area contributed by atoms with Crippen LogP contribution in [0.2, 0.25) is 0 Å². The molecule has 0 bridgehead atoms. The molecule has 2 saturated carbocycles. The monoisotopic (exact) mass is 462 g/mol. The van der Waals surface area contributed by atoms with Gasteiger partial charge in [-0.3, -0.25) is 9.59 Å². The fourth-order valence-corrected chi connectivity index (χ4v) is 5.30. The van der Waals surface area contributed by atoms with Crippen molar-refractivity contribution in [2.45, 2.75) is 31.6 Å². The second kappa shape index (κ2) is 9.49. The minimum atomic E-state index is -0.799. The summed E-state index contributed by atoms with van der Waals surface area (Å²) in [5.41, 5.74) is 4.66. The smallest absolute Gasteiger partial charge is 0.407 e. The van der Waals surface area contributed by atoms with Crippen molar-refractivity contribution in [1.29, 1.82) is 0 Å². The van der Waals surface area contributed by atoms with E-state index in [1.165, 1.54) is 11.1 Å². The third-order valence-corrected chi connectivity index (χ3v) is 7.64. The molecule has 3 N–H and O–H groups in total. The molecule has 0 aromatic heterocycles. The van der Waals surface area contributed by atoms with E-state index in [4.69, 9.17) is 9.84 Å². The molecule has 3 aliphatic rings. The van der Waals surface area contributed by atoms with Gasteiger partial charge in [0.25, 0.3) is 0 Å². The number of carbonyl (C=O) groups is 3. The van der Waals surface area contributed by atoms with E-state index < -0.39 is 12.1 Å². The SMILES string of the molecule is O=C(NCC(C(=O)NC[C@@H]1C[C@@H]1C(=O)O)C1CCC1)OCC1c2ccccc2-c2ccccc21. The number of carboxylic acids is 1. The number of amides is 2. The van der Waals surface area contributed by atoms with Gasteiger partial charge in [-0.1, -0.05) is 55.0 Å². The first-order valence-electron chi connectivity index (χ1n) is 12.1. The number of benzene rings is 2. The zero-order valence-electron chi connectivity index (χ0n) is 19.0. The van der Waals surface area contributed by atoms with E-state index in [9.17, 15) is 14.4 Å². The summed E-state index contributed by atoms with van der Waals surface area (Å²) < 4.78 is 5.60. The molecule has 0 radical (unpaired) electrons. The van der Waals surface area contributed by atoms with Crippen molar-refractivity contribution >= 4 is 18.0 Å². The zero-order chi connectivity index (χ0) is 23.7. The number of carboxylic acid groups (broad SMARTS) is 1. The maximum absolute atomic E-state index is 12.8. The molecule has 3 aliphatic carbocycles. The van der Waals surface area contributed by atoms with Crippen LogP contribution < -0.4 is 10.6 Å². The van der Waals surface area contributed by atoms with Gasteiger partial charge < -0.3 is 20.5 Å². The molecule has 1 unspecified atom stereocenters. The van der Waals surface area contributed by atoms with Gasteiger partial charge in [-0.15, -0.1) is 0 Å². The van der Waals surface area contributed by atoms with Gasteiger partial charge in [0.1, 0.15) is 6.61 Å². The van der Waals surface area contributed by atoms with E-state index in [0.717, 1.165) is 30.4 Å². The molecule has 0 aliphatic heterocycles. The largest absolute Gasteiger partial charge is 0.481 e. The second-order valence-electron chi connectivity index (χ2n) is 9.69. The predicted molar refractivity (Wildman–Crippen MR) is 126 cm³/mol. The van der Waals surface area contributed by atoms with Crippen molar-refractivity contribution in [3.63, 3.8) is 0 Å². The Balaban J connectivity index is 1.14. The Hall–Kier alpha value is -3.35. The Bertz CT molecular complexity index is 1050. The molecule has 0 heterocycles. The van der Waals surface area contributed by atoms with Crippen LogP contribution in [0.3, 0.4) is 0 Å². The van der Waals surface area contributed by atoms with Crippen LogP contribution in [0.15, 0.2) is 48.5 Å². The van der Waals surface area contributed by atoms with Crippen molar-refractivity contribution < 1.29 is 24.2 Å². The van der Waals surface area contributed by atoms with Gasteiger partial charge in [0, 0.05) is 19.0 Å². The molecule has 34 heavy (non-hydrogen) atoms. The average Bonchev–Trinajstić information content (AvgIpc) is 3.53. The van der Waals surface area contributed by atoms with Crippen molar-refractivity contribution in [3.8, 4) is 11.1 Å². The maximum atomic E-state index is 12.8. The van der Waals surface area contributed by atoms with Gasteiger partial charge in [0.2, 0.25) is 5.91 Å². The lowest BCUT2D eigenvalue weighted by Gasteiger charge is -2.33. The van der Waals surface area contributed by atoms with E-state index in [1.54, 1.807) is 0 Å². The number of ether oxygens (including phenoxy) is 1. The van der Waals surface area contributed by atoms with Crippen LogP contribution in [0.4, 0.5) is 4.79 Å². The standard InChI is InChI=1S/C27H30N2O5/c30-25(28-13-17-12-22(17)26(31)32)23(16-6-5-7-16)14-29-27(33)34-15-24-20-10-3-1-8-18(20)19-9-2-4-11-21(19)24/h1-4,8-11,16-17,22-24H,5-7,12-15H2,(H,28,30)(H,29,33)(H,31,32)/t17-,22-,23?/m0/s1. The Morgan fingerprint density at radius 1 is 0.971 bits per heavy atom. The van der Waals surface area contributed by atoms with E-state index >= 15 is 0 Å². The predicted octanol–water partition coefficient (Wildman–Crippen LogP) is 3.78. The highest BCUT2D eigenvalue weighted by atomic mass is 16.5. The highest BCUT2D eigenvalue weighted by Gasteiger charge is 2.43. The third-order valence-electron chi connectivity index (χ3n) is 7.64. The lowest BCUT2D eigenvalue weighted by molar-refractivity contribution is -0.139. The second-order valence-corrected chi connectivity index (χ2v) is 9.69. The fourth-order valence-electron chi connectivity index (χ4n) is 5.30. The van der Waals surface area contributed by atoms with E-state index in [-0.39, 0.29) is 48.6 Å². The summed E-state index contributed by atoms with van der Waals surface area (Å²) in [5.74, 6) is -1.34. The fraction of sp³-hybridized carbons (Fsp3) is 0.444. The van der Waals surface area contributed by atoms with Crippen LogP contribution in [0.25, 0.3) is 11.1 Å². The summed E-state index contributed by atoms with van der Waals surface area (Å²) in [6, 6.07) is 16.4. The van der Waals surface area contributed by atoms with E-state index in [1.807, 2.05) is 24.3 Å². The van der Waals surface area contributed by atoms with Crippen molar-refractivity contribution in [3.05, 3.63) is 59.7 Å². The van der Waals surface area contributed by atoms with Gasteiger partial charge in [0.15, 0.2) is 0 Å². The maximum Gasteiger partial charge on any atom is 0.407 e. The average molecular weight is 463 g/mol. The molecular weight excluding hydrogens is 432 g/mol. The first-order chi connectivity index (χ1) is 16.5. The molecule has 2 amide bonds. The molecule has 0 spiro atoms. The molecule has 2 aromatic carbocycles. The Labute approximate surface area is 198 Å². The van der Waals surface area contributed by atoms with Crippen molar-refractivity contribution in [1.82, 2.24) is 10.6 Å². The summed E-state index contributed by atoms with van der Waals surface area (Å²) in [5, 5.41) is 14.7.